The van der Waals surface area contributed by atoms with E-state index in [4.69, 9.17) is 9.47 Å². The van der Waals surface area contributed by atoms with Gasteiger partial charge in [-0.15, -0.1) is 0 Å². The monoisotopic (exact) mass is 324 g/mol. The van der Waals surface area contributed by atoms with Crippen molar-refractivity contribution in [3.8, 4) is 5.75 Å². The van der Waals surface area contributed by atoms with Gasteiger partial charge in [-0.3, -0.25) is 4.98 Å². The molecule has 1 saturated heterocycles. The Bertz CT molecular complexity index is 661. The predicted molar refractivity (Wildman–Crippen MR) is 93.4 cm³/mol. The molecule has 1 aromatic heterocycles. The summed E-state index contributed by atoms with van der Waals surface area (Å²) in [6.07, 6.45) is 5.02. The zero-order valence-electron chi connectivity index (χ0n) is 14.1. The number of ether oxygens (including phenoxy) is 2. The molecule has 2 aromatic rings. The van der Waals surface area contributed by atoms with Crippen molar-refractivity contribution in [1.82, 2.24) is 10.3 Å². The van der Waals surface area contributed by atoms with Gasteiger partial charge in [-0.25, -0.2) is 0 Å². The first-order valence-corrected chi connectivity index (χ1v) is 8.78. The van der Waals surface area contributed by atoms with Gasteiger partial charge in [0, 0.05) is 24.4 Å². The summed E-state index contributed by atoms with van der Waals surface area (Å²) in [5.74, 6) is 0.817. The summed E-state index contributed by atoms with van der Waals surface area (Å²) in [6, 6.07) is 13.5. The lowest BCUT2D eigenvalue weighted by Gasteiger charge is -2.34. The van der Waals surface area contributed by atoms with Crippen LogP contribution in [-0.4, -0.2) is 36.4 Å². The summed E-state index contributed by atoms with van der Waals surface area (Å²) in [6.45, 7) is 3.41. The molecule has 4 heteroatoms. The van der Waals surface area contributed by atoms with Crippen molar-refractivity contribution in [1.29, 1.82) is 0 Å². The molecule has 0 unspecified atom stereocenters. The SMILES string of the molecule is Cc1ccc(O[C@@H]2COCC[C@@H]2NC2Cc3ccccc3C2)cn1. The molecule has 1 aromatic carbocycles. The average molecular weight is 324 g/mol. The van der Waals surface area contributed by atoms with Crippen LogP contribution in [-0.2, 0) is 17.6 Å². The van der Waals surface area contributed by atoms with Crippen LogP contribution in [0.2, 0.25) is 0 Å². The van der Waals surface area contributed by atoms with Crippen molar-refractivity contribution in [2.45, 2.75) is 44.4 Å². The van der Waals surface area contributed by atoms with Crippen molar-refractivity contribution in [3.63, 3.8) is 0 Å². The Morgan fingerprint density at radius 2 is 1.92 bits per heavy atom. The van der Waals surface area contributed by atoms with Crippen LogP contribution in [0.15, 0.2) is 42.6 Å². The molecule has 4 nitrogen and oxygen atoms in total. The molecular weight excluding hydrogens is 300 g/mol. The minimum Gasteiger partial charge on any atom is -0.485 e. The molecular formula is C20H24N2O2. The van der Waals surface area contributed by atoms with Crippen LogP contribution in [0.5, 0.6) is 5.75 Å². The highest BCUT2D eigenvalue weighted by molar-refractivity contribution is 5.33. The number of rotatable bonds is 4. The molecule has 126 valence electrons. The Labute approximate surface area is 143 Å². The van der Waals surface area contributed by atoms with Gasteiger partial charge in [0.2, 0.25) is 0 Å². The summed E-state index contributed by atoms with van der Waals surface area (Å²) < 4.78 is 11.8. The highest BCUT2D eigenvalue weighted by Gasteiger charge is 2.31. The molecule has 1 aliphatic heterocycles. The normalized spacial score (nSPS) is 23.9. The van der Waals surface area contributed by atoms with E-state index in [0.29, 0.717) is 18.7 Å². The quantitative estimate of drug-likeness (QED) is 0.939. The minimum atomic E-state index is 0.0342. The van der Waals surface area contributed by atoms with Gasteiger partial charge in [-0.1, -0.05) is 24.3 Å². The summed E-state index contributed by atoms with van der Waals surface area (Å²) >= 11 is 0. The number of benzene rings is 1. The Hall–Kier alpha value is -1.91. The van der Waals surface area contributed by atoms with Gasteiger partial charge in [-0.05, 0) is 49.4 Å². The fraction of sp³-hybridized carbons (Fsp3) is 0.450. The fourth-order valence-corrected chi connectivity index (χ4v) is 3.70. The standard InChI is InChI=1S/C20H24N2O2/c1-14-6-7-18(12-21-14)24-20-13-23-9-8-19(20)22-17-10-15-4-2-3-5-16(15)11-17/h2-7,12,17,19-20,22H,8-11,13H2,1H3/t19-,20+/m0/s1. The Morgan fingerprint density at radius 3 is 2.62 bits per heavy atom. The van der Waals surface area contributed by atoms with Crippen LogP contribution in [0.1, 0.15) is 23.2 Å². The van der Waals surface area contributed by atoms with E-state index in [1.807, 2.05) is 19.1 Å². The third-order valence-corrected chi connectivity index (χ3v) is 4.98. The highest BCUT2D eigenvalue weighted by Crippen LogP contribution is 2.24. The first-order valence-electron chi connectivity index (χ1n) is 8.78. The zero-order chi connectivity index (χ0) is 16.4. The summed E-state index contributed by atoms with van der Waals surface area (Å²) in [4.78, 5) is 4.31. The number of nitrogens with zero attached hydrogens (tertiary/aromatic N) is 1. The van der Waals surface area contributed by atoms with Gasteiger partial charge in [0.05, 0.1) is 12.8 Å². The van der Waals surface area contributed by atoms with E-state index >= 15 is 0 Å². The molecule has 2 aliphatic rings. The molecule has 0 saturated carbocycles. The third kappa shape index (κ3) is 3.45. The van der Waals surface area contributed by atoms with E-state index in [2.05, 4.69) is 34.6 Å². The Kier molecular flexibility index (Phi) is 4.50. The molecule has 0 spiro atoms. The molecule has 1 N–H and O–H groups in total. The second kappa shape index (κ2) is 6.91. The van der Waals surface area contributed by atoms with Gasteiger partial charge in [-0.2, -0.15) is 0 Å². The van der Waals surface area contributed by atoms with Gasteiger partial charge in [0.15, 0.2) is 0 Å². The molecule has 0 bridgehead atoms. The molecule has 2 heterocycles. The number of nitrogens with one attached hydrogen (secondary N) is 1. The smallest absolute Gasteiger partial charge is 0.138 e. The van der Waals surface area contributed by atoms with Crippen molar-refractivity contribution < 1.29 is 9.47 Å². The third-order valence-electron chi connectivity index (χ3n) is 4.98. The lowest BCUT2D eigenvalue weighted by molar-refractivity contribution is -0.0174. The molecule has 1 aliphatic carbocycles. The van der Waals surface area contributed by atoms with E-state index in [1.54, 1.807) is 6.20 Å². The van der Waals surface area contributed by atoms with E-state index in [9.17, 15) is 0 Å². The second-order valence-electron chi connectivity index (χ2n) is 6.80. The molecule has 24 heavy (non-hydrogen) atoms. The van der Waals surface area contributed by atoms with Gasteiger partial charge in [0.25, 0.3) is 0 Å². The van der Waals surface area contributed by atoms with Gasteiger partial charge in [0.1, 0.15) is 11.9 Å². The maximum Gasteiger partial charge on any atom is 0.138 e. The molecule has 0 amide bonds. The molecule has 0 radical (unpaired) electrons. The predicted octanol–water partition coefficient (Wildman–Crippen LogP) is 2.68. The van der Waals surface area contributed by atoms with Gasteiger partial charge >= 0.3 is 0 Å². The topological polar surface area (TPSA) is 43.4 Å². The van der Waals surface area contributed by atoms with Crippen LogP contribution in [0, 0.1) is 6.92 Å². The van der Waals surface area contributed by atoms with Crippen molar-refractivity contribution in [2.75, 3.05) is 13.2 Å². The highest BCUT2D eigenvalue weighted by atomic mass is 16.5. The number of aromatic nitrogens is 1. The van der Waals surface area contributed by atoms with Crippen LogP contribution < -0.4 is 10.1 Å². The number of aryl methyl sites for hydroxylation is 1. The number of hydrogen-bond acceptors (Lipinski definition) is 4. The van der Waals surface area contributed by atoms with E-state index in [-0.39, 0.29) is 6.10 Å². The largest absolute Gasteiger partial charge is 0.485 e. The first-order chi connectivity index (χ1) is 11.8. The summed E-state index contributed by atoms with van der Waals surface area (Å²) in [7, 11) is 0. The maximum absolute atomic E-state index is 6.16. The Morgan fingerprint density at radius 1 is 1.12 bits per heavy atom. The van der Waals surface area contributed by atoms with E-state index < -0.39 is 0 Å². The first kappa shape index (κ1) is 15.6. The molecule has 4 rings (SSSR count). The van der Waals surface area contributed by atoms with Crippen LogP contribution in [0.4, 0.5) is 0 Å². The van der Waals surface area contributed by atoms with Crippen molar-refractivity contribution in [2.24, 2.45) is 0 Å². The van der Waals surface area contributed by atoms with Crippen molar-refractivity contribution in [3.05, 3.63) is 59.4 Å². The lowest BCUT2D eigenvalue weighted by Crippen LogP contribution is -2.52. The molecule has 1 fully saturated rings. The number of hydrogen-bond donors (Lipinski definition) is 1. The average Bonchev–Trinajstić information content (AvgIpc) is 3.01. The van der Waals surface area contributed by atoms with Crippen LogP contribution in [0.25, 0.3) is 0 Å². The van der Waals surface area contributed by atoms with Crippen LogP contribution >= 0.6 is 0 Å². The number of pyridine rings is 1. The van der Waals surface area contributed by atoms with Crippen molar-refractivity contribution >= 4 is 0 Å². The van der Waals surface area contributed by atoms with Crippen LogP contribution in [0.3, 0.4) is 0 Å². The van der Waals surface area contributed by atoms with E-state index in [0.717, 1.165) is 37.3 Å². The lowest BCUT2D eigenvalue weighted by atomic mass is 10.0. The summed E-state index contributed by atoms with van der Waals surface area (Å²) in [5, 5.41) is 3.82. The summed E-state index contributed by atoms with van der Waals surface area (Å²) in [5.41, 5.74) is 3.95. The maximum atomic E-state index is 6.16. The zero-order valence-corrected chi connectivity index (χ0v) is 14.1. The fourth-order valence-electron chi connectivity index (χ4n) is 3.70. The van der Waals surface area contributed by atoms with Gasteiger partial charge < -0.3 is 14.8 Å². The second-order valence-corrected chi connectivity index (χ2v) is 6.80. The molecule has 2 atom stereocenters. The minimum absolute atomic E-state index is 0.0342. The number of fused-ring (bicyclic) bond motifs is 1. The van der Waals surface area contributed by atoms with E-state index in [1.165, 1.54) is 11.1 Å². The Balaban J connectivity index is 1.40.